The Labute approximate surface area is 181 Å². The molecule has 0 amide bonds. The number of nitrogens with one attached hydrogen (secondary N) is 2. The maximum Gasteiger partial charge on any atom is 0.416 e. The molecule has 0 saturated carbocycles. The van der Waals surface area contributed by atoms with Crippen LogP contribution in [0.1, 0.15) is 31.0 Å². The molecule has 4 rings (SSSR count). The highest BCUT2D eigenvalue weighted by Gasteiger charge is 2.32. The lowest BCUT2D eigenvalue weighted by Crippen LogP contribution is -2.62. The van der Waals surface area contributed by atoms with Gasteiger partial charge in [0.2, 0.25) is 0 Å². The quantitative estimate of drug-likeness (QED) is 0.363. The molecule has 2 atom stereocenters. The molecule has 0 aromatic heterocycles. The number of benzene rings is 1. The van der Waals surface area contributed by atoms with Crippen LogP contribution in [0, 0.1) is 0 Å². The Morgan fingerprint density at radius 2 is 1.96 bits per heavy atom. The van der Waals surface area contributed by atoms with Crippen LogP contribution in [0.4, 0.5) is 13.2 Å². The van der Waals surface area contributed by atoms with E-state index in [1.807, 2.05) is 13.8 Å². The van der Waals surface area contributed by atoms with Crippen molar-refractivity contribution in [2.45, 2.75) is 32.1 Å². The van der Waals surface area contributed by atoms with Gasteiger partial charge in [-0.2, -0.15) is 13.2 Å². The molecule has 2 N–H and O–H groups in total. The molecule has 3 saturated heterocycles. The molecule has 0 spiro atoms. The second kappa shape index (κ2) is 10.1. The Bertz CT molecular complexity index is 659. The summed E-state index contributed by atoms with van der Waals surface area (Å²) in [5.74, 6) is 0.639. The van der Waals surface area contributed by atoms with Crippen molar-refractivity contribution in [2.24, 2.45) is 4.99 Å². The lowest BCUT2D eigenvalue weighted by molar-refractivity contribution is -0.137. The second-order valence-electron chi connectivity index (χ2n) is 7.20. The first-order valence-corrected chi connectivity index (χ1v) is 9.55. The number of nitrogens with zero attached hydrogens (tertiary/aromatic N) is 3. The Kier molecular flexibility index (Phi) is 8.38. The highest BCUT2D eigenvalue weighted by molar-refractivity contribution is 14.0. The molecule has 1 aromatic rings. The van der Waals surface area contributed by atoms with Gasteiger partial charge in [0, 0.05) is 45.3 Å². The highest BCUT2D eigenvalue weighted by Crippen LogP contribution is 2.30. The predicted molar refractivity (Wildman–Crippen MR) is 116 cm³/mol. The van der Waals surface area contributed by atoms with Gasteiger partial charge in [-0.25, -0.2) is 0 Å². The Morgan fingerprint density at radius 1 is 1.25 bits per heavy atom. The van der Waals surface area contributed by atoms with Crippen molar-refractivity contribution >= 4 is 29.9 Å². The number of piperazine rings is 3. The van der Waals surface area contributed by atoms with Gasteiger partial charge in [0.05, 0.1) is 18.2 Å². The van der Waals surface area contributed by atoms with Crippen LogP contribution in [-0.2, 0) is 6.18 Å². The first kappa shape index (κ1) is 23.2. The minimum absolute atomic E-state index is 0. The van der Waals surface area contributed by atoms with Crippen molar-refractivity contribution in [2.75, 3.05) is 45.8 Å². The SMILES string of the molecule is CCNC(=NCC1CN2CCN1CC2)NC(C)c1cccc(C(F)(F)F)c1.I. The number of alkyl halides is 3. The summed E-state index contributed by atoms with van der Waals surface area (Å²) in [4.78, 5) is 9.64. The largest absolute Gasteiger partial charge is 0.416 e. The molecule has 3 aliphatic heterocycles. The average molecular weight is 511 g/mol. The fourth-order valence-corrected chi connectivity index (χ4v) is 3.69. The van der Waals surface area contributed by atoms with Crippen LogP contribution in [0.25, 0.3) is 0 Å². The van der Waals surface area contributed by atoms with E-state index < -0.39 is 11.7 Å². The lowest BCUT2D eigenvalue weighted by Gasteiger charge is -2.47. The van der Waals surface area contributed by atoms with Crippen molar-refractivity contribution in [3.63, 3.8) is 0 Å². The zero-order chi connectivity index (χ0) is 19.4. The number of hydrogen-bond acceptors (Lipinski definition) is 3. The van der Waals surface area contributed by atoms with Gasteiger partial charge in [-0.3, -0.25) is 14.8 Å². The average Bonchev–Trinajstić information content (AvgIpc) is 2.66. The summed E-state index contributed by atoms with van der Waals surface area (Å²) in [5, 5.41) is 6.43. The van der Waals surface area contributed by atoms with Crippen molar-refractivity contribution < 1.29 is 13.2 Å². The fraction of sp³-hybridized carbons (Fsp3) is 0.632. The zero-order valence-electron chi connectivity index (χ0n) is 16.3. The van der Waals surface area contributed by atoms with Gasteiger partial charge >= 0.3 is 6.18 Å². The van der Waals surface area contributed by atoms with E-state index in [1.165, 1.54) is 12.1 Å². The summed E-state index contributed by atoms with van der Waals surface area (Å²) < 4.78 is 38.8. The summed E-state index contributed by atoms with van der Waals surface area (Å²) in [6.07, 6.45) is -4.33. The van der Waals surface area contributed by atoms with E-state index in [-0.39, 0.29) is 30.0 Å². The molecule has 0 aliphatic carbocycles. The predicted octanol–water partition coefficient (Wildman–Crippen LogP) is 2.94. The van der Waals surface area contributed by atoms with Crippen LogP contribution in [0.5, 0.6) is 0 Å². The minimum atomic E-state index is -4.33. The van der Waals surface area contributed by atoms with Crippen LogP contribution in [0.3, 0.4) is 0 Å². The number of rotatable bonds is 5. The summed E-state index contributed by atoms with van der Waals surface area (Å²) in [5.41, 5.74) is -0.0438. The Morgan fingerprint density at radius 3 is 2.54 bits per heavy atom. The smallest absolute Gasteiger partial charge is 0.357 e. The van der Waals surface area contributed by atoms with Gasteiger partial charge in [0.25, 0.3) is 0 Å². The number of hydrogen-bond donors (Lipinski definition) is 2. The second-order valence-corrected chi connectivity index (χ2v) is 7.20. The van der Waals surface area contributed by atoms with Gasteiger partial charge in [0.1, 0.15) is 0 Å². The summed E-state index contributed by atoms with van der Waals surface area (Å²) in [7, 11) is 0. The maximum absolute atomic E-state index is 12.9. The van der Waals surface area contributed by atoms with Crippen molar-refractivity contribution in [3.8, 4) is 0 Å². The van der Waals surface area contributed by atoms with Crippen LogP contribution >= 0.6 is 24.0 Å². The molecule has 3 fully saturated rings. The van der Waals surface area contributed by atoms with E-state index in [4.69, 9.17) is 4.99 Å². The van der Waals surface area contributed by atoms with Gasteiger partial charge in [0.15, 0.2) is 5.96 Å². The molecular formula is C19H29F3IN5. The van der Waals surface area contributed by atoms with Gasteiger partial charge < -0.3 is 10.6 Å². The first-order valence-electron chi connectivity index (χ1n) is 9.55. The number of fused-ring (bicyclic) bond motifs is 3. The topological polar surface area (TPSA) is 42.9 Å². The van der Waals surface area contributed by atoms with Crippen LogP contribution in [0.2, 0.25) is 0 Å². The molecule has 1 aromatic carbocycles. The van der Waals surface area contributed by atoms with Gasteiger partial charge in [-0.15, -0.1) is 24.0 Å². The van der Waals surface area contributed by atoms with Gasteiger partial charge in [-0.1, -0.05) is 12.1 Å². The molecule has 3 aliphatic rings. The summed E-state index contributed by atoms with van der Waals surface area (Å²) >= 11 is 0. The molecular weight excluding hydrogens is 482 g/mol. The maximum atomic E-state index is 12.9. The molecule has 28 heavy (non-hydrogen) atoms. The van der Waals surface area contributed by atoms with Crippen LogP contribution < -0.4 is 10.6 Å². The van der Waals surface area contributed by atoms with E-state index >= 15 is 0 Å². The van der Waals surface area contributed by atoms with E-state index in [0.29, 0.717) is 30.7 Å². The number of aliphatic imine (C=N–C) groups is 1. The number of guanidine groups is 1. The zero-order valence-corrected chi connectivity index (χ0v) is 18.6. The standard InChI is InChI=1S/C19H28F3N5.HI/c1-3-23-18(24-12-17-13-26-7-9-27(17)10-8-26)25-14(2)15-5-4-6-16(11-15)19(20,21)22;/h4-6,11,14,17H,3,7-10,12-13H2,1-2H3,(H2,23,24,25);1H. The first-order chi connectivity index (χ1) is 12.9. The molecule has 0 radical (unpaired) electrons. The lowest BCUT2D eigenvalue weighted by atomic mass is 10.1. The third kappa shape index (κ3) is 5.96. The Balaban J connectivity index is 0.00000280. The molecule has 5 nitrogen and oxygen atoms in total. The Hall–Kier alpha value is -1.07. The number of halogens is 4. The van der Waals surface area contributed by atoms with E-state index in [2.05, 4.69) is 20.4 Å². The summed E-state index contributed by atoms with van der Waals surface area (Å²) in [6.45, 7) is 10.7. The van der Waals surface area contributed by atoms with Crippen molar-refractivity contribution in [1.29, 1.82) is 0 Å². The van der Waals surface area contributed by atoms with Crippen molar-refractivity contribution in [1.82, 2.24) is 20.4 Å². The monoisotopic (exact) mass is 511 g/mol. The minimum Gasteiger partial charge on any atom is -0.357 e. The van der Waals surface area contributed by atoms with Crippen LogP contribution in [0.15, 0.2) is 29.3 Å². The molecule has 2 bridgehead atoms. The van der Waals surface area contributed by atoms with E-state index in [1.54, 1.807) is 6.07 Å². The molecule has 2 unspecified atom stereocenters. The molecule has 9 heteroatoms. The van der Waals surface area contributed by atoms with E-state index in [9.17, 15) is 13.2 Å². The third-order valence-corrected chi connectivity index (χ3v) is 5.26. The normalized spacial score (nSPS) is 25.8. The fourth-order valence-electron chi connectivity index (χ4n) is 3.69. The van der Waals surface area contributed by atoms with E-state index in [0.717, 1.165) is 38.8 Å². The van der Waals surface area contributed by atoms with Crippen molar-refractivity contribution in [3.05, 3.63) is 35.4 Å². The molecule has 3 heterocycles. The summed E-state index contributed by atoms with van der Waals surface area (Å²) in [6, 6.07) is 5.57. The highest BCUT2D eigenvalue weighted by atomic mass is 127. The van der Waals surface area contributed by atoms with Crippen LogP contribution in [-0.4, -0.2) is 67.6 Å². The third-order valence-electron chi connectivity index (χ3n) is 5.26. The van der Waals surface area contributed by atoms with Gasteiger partial charge in [-0.05, 0) is 31.5 Å². The molecule has 158 valence electrons.